The average Bonchev–Trinajstić information content (AvgIpc) is 3.08. The Balaban J connectivity index is 1.99. The van der Waals surface area contributed by atoms with Gasteiger partial charge >= 0.3 is 0 Å². The van der Waals surface area contributed by atoms with Crippen molar-refractivity contribution in [3.63, 3.8) is 0 Å². The molecule has 0 saturated heterocycles. The van der Waals surface area contributed by atoms with E-state index < -0.39 is 0 Å². The van der Waals surface area contributed by atoms with E-state index in [9.17, 15) is 4.39 Å². The van der Waals surface area contributed by atoms with Crippen LogP contribution in [-0.4, -0.2) is 24.2 Å². The summed E-state index contributed by atoms with van der Waals surface area (Å²) in [6.07, 6.45) is 6.41. The summed E-state index contributed by atoms with van der Waals surface area (Å²) in [6, 6.07) is 4.78. The van der Waals surface area contributed by atoms with Gasteiger partial charge in [0.25, 0.3) is 0 Å². The van der Waals surface area contributed by atoms with Crippen LogP contribution in [0, 0.1) is 11.2 Å². The molecule has 1 aliphatic rings. The predicted molar refractivity (Wildman–Crippen MR) is 96.3 cm³/mol. The average molecular weight is 335 g/mol. The molecule has 1 saturated carbocycles. The zero-order valence-electron chi connectivity index (χ0n) is 14.9. The van der Waals surface area contributed by atoms with Gasteiger partial charge in [0.15, 0.2) is 5.96 Å². The van der Waals surface area contributed by atoms with E-state index in [1.54, 1.807) is 12.1 Å². The molecule has 0 amide bonds. The minimum absolute atomic E-state index is 0.291. The number of aliphatic hydroxyl groups is 1. The normalized spacial score (nSPS) is 17.1. The number of nitrogens with one attached hydrogen (secondary N) is 2. The summed E-state index contributed by atoms with van der Waals surface area (Å²) in [5, 5.41) is 15.9. The van der Waals surface area contributed by atoms with Gasteiger partial charge in [-0.3, -0.25) is 0 Å². The first-order valence-corrected chi connectivity index (χ1v) is 9.03. The zero-order chi connectivity index (χ0) is 17.4. The highest BCUT2D eigenvalue weighted by molar-refractivity contribution is 5.79. The molecule has 1 aromatic carbocycles. The van der Waals surface area contributed by atoms with Crippen LogP contribution in [0.4, 0.5) is 4.39 Å². The van der Waals surface area contributed by atoms with Crippen molar-refractivity contribution in [2.24, 2.45) is 10.4 Å². The van der Waals surface area contributed by atoms with Crippen LogP contribution in [-0.2, 0) is 13.2 Å². The molecule has 134 valence electrons. The third-order valence-electron chi connectivity index (χ3n) is 5.09. The predicted octanol–water partition coefficient (Wildman–Crippen LogP) is 3.34. The lowest BCUT2D eigenvalue weighted by molar-refractivity contribution is 0.275. The molecule has 0 aromatic heterocycles. The molecule has 0 aliphatic heterocycles. The smallest absolute Gasteiger partial charge is 0.191 e. The van der Waals surface area contributed by atoms with Gasteiger partial charge in [0.1, 0.15) is 5.82 Å². The SMILES string of the molecule is CCNC(=NCc1ccc(F)c(CO)c1)NCC1(CC)CCCC1. The van der Waals surface area contributed by atoms with Crippen molar-refractivity contribution in [1.29, 1.82) is 0 Å². The summed E-state index contributed by atoms with van der Waals surface area (Å²) >= 11 is 0. The van der Waals surface area contributed by atoms with E-state index in [-0.39, 0.29) is 12.4 Å². The van der Waals surface area contributed by atoms with Crippen LogP contribution in [0.25, 0.3) is 0 Å². The molecule has 0 atom stereocenters. The molecule has 0 heterocycles. The lowest BCUT2D eigenvalue weighted by Crippen LogP contribution is -2.42. The molecule has 1 aromatic rings. The summed E-state index contributed by atoms with van der Waals surface area (Å²) in [6.45, 7) is 6.23. The molecule has 0 unspecified atom stereocenters. The van der Waals surface area contributed by atoms with Crippen LogP contribution < -0.4 is 10.6 Å². The molecule has 1 aliphatic carbocycles. The van der Waals surface area contributed by atoms with E-state index in [1.165, 1.54) is 38.2 Å². The third kappa shape index (κ3) is 4.94. The molecule has 0 bridgehead atoms. The van der Waals surface area contributed by atoms with E-state index in [0.29, 0.717) is 17.5 Å². The topological polar surface area (TPSA) is 56.7 Å². The number of aliphatic hydroxyl groups excluding tert-OH is 1. The highest BCUT2D eigenvalue weighted by atomic mass is 19.1. The lowest BCUT2D eigenvalue weighted by Gasteiger charge is -2.28. The van der Waals surface area contributed by atoms with Crippen molar-refractivity contribution in [3.05, 3.63) is 35.1 Å². The molecule has 24 heavy (non-hydrogen) atoms. The second kappa shape index (κ2) is 9.02. The van der Waals surface area contributed by atoms with Gasteiger partial charge in [-0.2, -0.15) is 0 Å². The Bertz CT molecular complexity index is 554. The first-order chi connectivity index (χ1) is 11.6. The van der Waals surface area contributed by atoms with E-state index in [2.05, 4.69) is 22.5 Å². The van der Waals surface area contributed by atoms with Gasteiger partial charge in [-0.05, 0) is 49.3 Å². The van der Waals surface area contributed by atoms with Crippen molar-refractivity contribution in [2.45, 2.75) is 59.1 Å². The van der Waals surface area contributed by atoms with Crippen LogP contribution in [0.3, 0.4) is 0 Å². The Morgan fingerprint density at radius 2 is 2.00 bits per heavy atom. The highest BCUT2D eigenvalue weighted by Crippen LogP contribution is 2.40. The van der Waals surface area contributed by atoms with Crippen LogP contribution in [0.2, 0.25) is 0 Å². The van der Waals surface area contributed by atoms with Gasteiger partial charge in [-0.15, -0.1) is 0 Å². The third-order valence-corrected chi connectivity index (χ3v) is 5.09. The maximum absolute atomic E-state index is 13.4. The van der Waals surface area contributed by atoms with E-state index >= 15 is 0 Å². The molecule has 4 nitrogen and oxygen atoms in total. The van der Waals surface area contributed by atoms with Crippen LogP contribution >= 0.6 is 0 Å². The summed E-state index contributed by atoms with van der Waals surface area (Å²) < 4.78 is 13.4. The molecular formula is C19H30FN3O. The highest BCUT2D eigenvalue weighted by Gasteiger charge is 2.31. The Morgan fingerprint density at radius 3 is 2.62 bits per heavy atom. The van der Waals surface area contributed by atoms with Crippen molar-refractivity contribution >= 4 is 5.96 Å². The summed E-state index contributed by atoms with van der Waals surface area (Å²) in [7, 11) is 0. The Labute approximate surface area is 144 Å². The number of halogens is 1. The molecular weight excluding hydrogens is 305 g/mol. The molecule has 3 N–H and O–H groups in total. The number of aliphatic imine (C=N–C) groups is 1. The second-order valence-electron chi connectivity index (χ2n) is 6.69. The lowest BCUT2D eigenvalue weighted by atomic mass is 9.83. The van der Waals surface area contributed by atoms with E-state index in [0.717, 1.165) is 24.6 Å². The Morgan fingerprint density at radius 1 is 1.25 bits per heavy atom. The van der Waals surface area contributed by atoms with Crippen molar-refractivity contribution in [3.8, 4) is 0 Å². The number of benzene rings is 1. The Kier molecular flexibility index (Phi) is 7.03. The quantitative estimate of drug-likeness (QED) is 0.529. The van der Waals surface area contributed by atoms with Gasteiger partial charge in [0.2, 0.25) is 0 Å². The van der Waals surface area contributed by atoms with Gasteiger partial charge in [-0.25, -0.2) is 9.38 Å². The molecule has 5 heteroatoms. The number of nitrogens with zero attached hydrogens (tertiary/aromatic N) is 1. The number of rotatable bonds is 7. The zero-order valence-corrected chi connectivity index (χ0v) is 14.9. The van der Waals surface area contributed by atoms with Crippen LogP contribution in [0.1, 0.15) is 57.1 Å². The molecule has 2 rings (SSSR count). The standard InChI is InChI=1S/C19H30FN3O/c1-3-19(9-5-6-10-19)14-23-18(21-4-2)22-12-15-7-8-17(20)16(11-15)13-24/h7-8,11,24H,3-6,9-10,12-14H2,1-2H3,(H2,21,22,23). The van der Waals surface area contributed by atoms with E-state index in [1.807, 2.05) is 6.92 Å². The summed E-state index contributed by atoms with van der Waals surface area (Å²) in [4.78, 5) is 4.61. The van der Waals surface area contributed by atoms with E-state index in [4.69, 9.17) is 5.11 Å². The fourth-order valence-electron chi connectivity index (χ4n) is 3.41. The van der Waals surface area contributed by atoms with Gasteiger partial charge in [-0.1, -0.05) is 25.8 Å². The van der Waals surface area contributed by atoms with Crippen LogP contribution in [0.5, 0.6) is 0 Å². The van der Waals surface area contributed by atoms with Crippen LogP contribution in [0.15, 0.2) is 23.2 Å². The second-order valence-corrected chi connectivity index (χ2v) is 6.69. The summed E-state index contributed by atoms with van der Waals surface area (Å²) in [5.41, 5.74) is 1.61. The van der Waals surface area contributed by atoms with Gasteiger partial charge < -0.3 is 15.7 Å². The number of guanidine groups is 1. The largest absolute Gasteiger partial charge is 0.392 e. The molecule has 0 spiro atoms. The number of hydrogen-bond donors (Lipinski definition) is 3. The monoisotopic (exact) mass is 335 g/mol. The maximum atomic E-state index is 13.4. The maximum Gasteiger partial charge on any atom is 0.191 e. The minimum atomic E-state index is -0.374. The van der Waals surface area contributed by atoms with Crippen molar-refractivity contribution < 1.29 is 9.50 Å². The first-order valence-electron chi connectivity index (χ1n) is 9.03. The first kappa shape index (κ1) is 18.7. The number of hydrogen-bond acceptors (Lipinski definition) is 2. The minimum Gasteiger partial charge on any atom is -0.392 e. The molecule has 0 radical (unpaired) electrons. The fraction of sp³-hybridized carbons (Fsp3) is 0.632. The molecule has 1 fully saturated rings. The Hall–Kier alpha value is -1.62. The van der Waals surface area contributed by atoms with Gasteiger partial charge in [0.05, 0.1) is 13.2 Å². The van der Waals surface area contributed by atoms with Crippen molar-refractivity contribution in [1.82, 2.24) is 10.6 Å². The van der Waals surface area contributed by atoms with Crippen molar-refractivity contribution in [2.75, 3.05) is 13.1 Å². The fourth-order valence-corrected chi connectivity index (χ4v) is 3.41. The van der Waals surface area contributed by atoms with Gasteiger partial charge in [0, 0.05) is 18.7 Å². The summed E-state index contributed by atoms with van der Waals surface area (Å²) in [5.74, 6) is 0.425.